The van der Waals surface area contributed by atoms with Gasteiger partial charge < -0.3 is 10.1 Å². The van der Waals surface area contributed by atoms with Crippen molar-refractivity contribution in [1.29, 1.82) is 0 Å². The van der Waals surface area contributed by atoms with Gasteiger partial charge in [-0.25, -0.2) is 8.42 Å². The molecule has 1 atom stereocenters. The summed E-state index contributed by atoms with van der Waals surface area (Å²) < 4.78 is 31.0. The first-order chi connectivity index (χ1) is 12.1. The number of sulfonamides is 1. The zero-order valence-electron chi connectivity index (χ0n) is 17.4. The summed E-state index contributed by atoms with van der Waals surface area (Å²) in [5.41, 5.74) is -0.163. The Morgan fingerprint density at radius 3 is 2.22 bits per heavy atom. The first-order valence-electron chi connectivity index (χ1n) is 8.72. The molecule has 0 saturated carbocycles. The lowest BCUT2D eigenvalue weighted by Crippen LogP contribution is -2.54. The van der Waals surface area contributed by atoms with Gasteiger partial charge in [0.2, 0.25) is 15.9 Å². The smallest absolute Gasteiger partial charge is 0.244 e. The maximum absolute atomic E-state index is 12.8. The van der Waals surface area contributed by atoms with Crippen LogP contribution in [0.15, 0.2) is 18.2 Å². The second-order valence-corrected chi connectivity index (χ2v) is 10.9. The Hall–Kier alpha value is -1.47. The van der Waals surface area contributed by atoms with E-state index in [1.54, 1.807) is 19.1 Å². The molecule has 0 aromatic heterocycles. The highest BCUT2D eigenvalue weighted by atomic mass is 35.5. The summed E-state index contributed by atoms with van der Waals surface area (Å²) in [4.78, 5) is 12.8. The summed E-state index contributed by atoms with van der Waals surface area (Å²) in [6.07, 6.45) is 1.81. The normalized spacial score (nSPS) is 13.8. The van der Waals surface area contributed by atoms with Crippen LogP contribution in [0.4, 0.5) is 5.69 Å². The van der Waals surface area contributed by atoms with Crippen molar-refractivity contribution in [3.05, 3.63) is 23.2 Å². The second kappa shape index (κ2) is 8.27. The van der Waals surface area contributed by atoms with Crippen LogP contribution >= 0.6 is 11.6 Å². The molecule has 154 valence electrons. The fourth-order valence-corrected chi connectivity index (χ4v) is 4.83. The molecule has 0 unspecified atom stereocenters. The number of nitrogens with one attached hydrogen (secondary N) is 1. The van der Waals surface area contributed by atoms with E-state index in [4.69, 9.17) is 16.3 Å². The molecule has 1 rings (SSSR count). The summed E-state index contributed by atoms with van der Waals surface area (Å²) in [6, 6.07) is 3.68. The van der Waals surface area contributed by atoms with Gasteiger partial charge in [-0.15, -0.1) is 0 Å². The van der Waals surface area contributed by atoms with Crippen LogP contribution in [0.1, 0.15) is 48.0 Å². The van der Waals surface area contributed by atoms with Crippen molar-refractivity contribution in [2.24, 2.45) is 5.41 Å². The molecule has 0 heterocycles. The van der Waals surface area contributed by atoms with Gasteiger partial charge in [-0.05, 0) is 50.8 Å². The lowest BCUT2D eigenvalue weighted by Gasteiger charge is -2.36. The van der Waals surface area contributed by atoms with Crippen LogP contribution in [0, 0.1) is 5.41 Å². The number of hydrogen-bond donors (Lipinski definition) is 1. The number of methoxy groups -OCH3 is 1. The van der Waals surface area contributed by atoms with Crippen molar-refractivity contribution in [2.45, 2.75) is 59.5 Å². The van der Waals surface area contributed by atoms with Crippen molar-refractivity contribution < 1.29 is 17.9 Å². The van der Waals surface area contributed by atoms with Gasteiger partial charge in [0.25, 0.3) is 0 Å². The van der Waals surface area contributed by atoms with E-state index in [0.717, 1.165) is 17.0 Å². The zero-order chi connectivity index (χ0) is 21.2. The molecule has 0 aliphatic rings. The van der Waals surface area contributed by atoms with Crippen LogP contribution in [-0.4, -0.2) is 39.3 Å². The Labute approximate surface area is 168 Å². The number of rotatable bonds is 7. The van der Waals surface area contributed by atoms with E-state index in [1.807, 2.05) is 13.8 Å². The highest BCUT2D eigenvalue weighted by Gasteiger charge is 2.34. The minimum Gasteiger partial charge on any atom is -0.495 e. The van der Waals surface area contributed by atoms with Crippen LogP contribution in [0.5, 0.6) is 5.75 Å². The van der Waals surface area contributed by atoms with Gasteiger partial charge in [0.1, 0.15) is 11.8 Å². The summed E-state index contributed by atoms with van der Waals surface area (Å²) in [6.45, 7) is 11.7. The SMILES string of the molecule is COc1ccc(N([C@H](C)C(=O)NC(C)(C)CC(C)(C)C)S(C)(=O)=O)cc1Cl. The molecule has 0 spiro atoms. The van der Waals surface area contributed by atoms with Gasteiger partial charge in [0, 0.05) is 5.54 Å². The lowest BCUT2D eigenvalue weighted by molar-refractivity contribution is -0.123. The maximum atomic E-state index is 12.8. The number of benzene rings is 1. The van der Waals surface area contributed by atoms with Crippen LogP contribution in [0.2, 0.25) is 5.02 Å². The molecule has 1 N–H and O–H groups in total. The van der Waals surface area contributed by atoms with E-state index in [0.29, 0.717) is 11.4 Å². The van der Waals surface area contributed by atoms with E-state index < -0.39 is 21.6 Å². The van der Waals surface area contributed by atoms with Gasteiger partial charge in [-0.2, -0.15) is 0 Å². The molecule has 6 nitrogen and oxygen atoms in total. The molecular formula is C19H31ClN2O4S. The summed E-state index contributed by atoms with van der Waals surface area (Å²) in [7, 11) is -2.24. The monoisotopic (exact) mass is 418 g/mol. The molecule has 1 aromatic rings. The third kappa shape index (κ3) is 6.88. The van der Waals surface area contributed by atoms with E-state index in [1.165, 1.54) is 13.2 Å². The molecule has 0 bridgehead atoms. The van der Waals surface area contributed by atoms with Crippen LogP contribution in [0.25, 0.3) is 0 Å². The maximum Gasteiger partial charge on any atom is 0.244 e. The number of anilines is 1. The predicted octanol–water partition coefficient (Wildman–Crippen LogP) is 3.83. The van der Waals surface area contributed by atoms with Crippen molar-refractivity contribution in [1.82, 2.24) is 5.32 Å². The molecular weight excluding hydrogens is 388 g/mol. The first kappa shape index (κ1) is 23.6. The van der Waals surface area contributed by atoms with Gasteiger partial charge in [0.05, 0.1) is 24.1 Å². The number of amides is 1. The van der Waals surface area contributed by atoms with Crippen molar-refractivity contribution >= 4 is 33.2 Å². The number of halogens is 1. The molecule has 27 heavy (non-hydrogen) atoms. The van der Waals surface area contributed by atoms with Gasteiger partial charge >= 0.3 is 0 Å². The Balaban J connectivity index is 3.18. The summed E-state index contributed by atoms with van der Waals surface area (Å²) >= 11 is 6.14. The third-order valence-electron chi connectivity index (χ3n) is 3.91. The van der Waals surface area contributed by atoms with Crippen LogP contribution in [0.3, 0.4) is 0 Å². The molecule has 0 aliphatic carbocycles. The average Bonchev–Trinajstić information content (AvgIpc) is 2.42. The molecule has 8 heteroatoms. The van der Waals surface area contributed by atoms with Crippen molar-refractivity contribution in [3.63, 3.8) is 0 Å². The van der Waals surface area contributed by atoms with Crippen LogP contribution in [-0.2, 0) is 14.8 Å². The first-order valence-corrected chi connectivity index (χ1v) is 10.9. The van der Waals surface area contributed by atoms with Gasteiger partial charge in [-0.1, -0.05) is 32.4 Å². The Morgan fingerprint density at radius 1 is 1.26 bits per heavy atom. The molecule has 0 saturated heterocycles. The third-order valence-corrected chi connectivity index (χ3v) is 5.45. The minimum absolute atomic E-state index is 0.0139. The standard InChI is InChI=1S/C19H31ClN2O4S/c1-13(17(23)21-19(5,6)12-18(2,3)4)22(27(8,24)25)14-9-10-16(26-7)15(20)11-14/h9-11,13H,12H2,1-8H3,(H,21,23)/t13-/m1/s1. The Morgan fingerprint density at radius 2 is 1.81 bits per heavy atom. The minimum atomic E-state index is -3.72. The van der Waals surface area contributed by atoms with Crippen molar-refractivity contribution in [2.75, 3.05) is 17.7 Å². The van der Waals surface area contributed by atoms with E-state index >= 15 is 0 Å². The number of ether oxygens (including phenoxy) is 1. The highest BCUT2D eigenvalue weighted by molar-refractivity contribution is 7.92. The largest absolute Gasteiger partial charge is 0.495 e. The number of nitrogens with zero attached hydrogens (tertiary/aromatic N) is 1. The number of hydrogen-bond acceptors (Lipinski definition) is 4. The Bertz CT molecular complexity index is 785. The topological polar surface area (TPSA) is 75.7 Å². The fraction of sp³-hybridized carbons (Fsp3) is 0.632. The molecule has 0 radical (unpaired) electrons. The summed E-state index contributed by atoms with van der Waals surface area (Å²) in [5, 5.41) is 3.24. The van der Waals surface area contributed by atoms with Gasteiger partial charge in [0.15, 0.2) is 0 Å². The average molecular weight is 419 g/mol. The zero-order valence-corrected chi connectivity index (χ0v) is 19.0. The molecule has 1 aromatic carbocycles. The number of carbonyl (C=O) groups excluding carboxylic acids is 1. The predicted molar refractivity (Wildman–Crippen MR) is 111 cm³/mol. The molecule has 1 amide bonds. The second-order valence-electron chi connectivity index (χ2n) is 8.66. The highest BCUT2D eigenvalue weighted by Crippen LogP contribution is 2.32. The number of carbonyl (C=O) groups is 1. The lowest BCUT2D eigenvalue weighted by atomic mass is 9.81. The fourth-order valence-electron chi connectivity index (χ4n) is 3.41. The van der Waals surface area contributed by atoms with Crippen LogP contribution < -0.4 is 14.4 Å². The van der Waals surface area contributed by atoms with E-state index in [-0.39, 0.29) is 16.3 Å². The summed E-state index contributed by atoms with van der Waals surface area (Å²) in [5.74, 6) is 0.0545. The van der Waals surface area contributed by atoms with E-state index in [9.17, 15) is 13.2 Å². The Kier molecular flexibility index (Phi) is 7.22. The quantitative estimate of drug-likeness (QED) is 0.729. The van der Waals surface area contributed by atoms with Crippen molar-refractivity contribution in [3.8, 4) is 5.75 Å². The van der Waals surface area contributed by atoms with Gasteiger partial charge in [-0.3, -0.25) is 9.10 Å². The van der Waals surface area contributed by atoms with E-state index in [2.05, 4.69) is 26.1 Å². The molecule has 0 aliphatic heterocycles. The molecule has 0 fully saturated rings.